The number of Topliss-reactive ketones (excluding diaryl/α,β-unsaturated/α-hetero) is 1. The monoisotopic (exact) mass is 384 g/mol. The van der Waals surface area contributed by atoms with E-state index in [1.165, 1.54) is 11.3 Å². The fourth-order valence-electron chi connectivity index (χ4n) is 2.59. The number of carbonyl (C=O) groups excluding carboxylic acids is 3. The third kappa shape index (κ3) is 4.09. The molecule has 0 saturated heterocycles. The maximum Gasteiger partial charge on any atom is 0.291 e. The van der Waals surface area contributed by atoms with Gasteiger partial charge >= 0.3 is 0 Å². The summed E-state index contributed by atoms with van der Waals surface area (Å²) in [4.78, 5) is 40.5. The van der Waals surface area contributed by atoms with E-state index in [4.69, 9.17) is 10.3 Å². The van der Waals surface area contributed by atoms with Crippen LogP contribution in [0.15, 0.2) is 45.7 Å². The number of carbonyl (C=O) groups is 3. The topological polar surface area (TPSA) is 128 Å². The number of nitrogens with two attached hydrogens (primary N) is 1. The van der Waals surface area contributed by atoms with Crippen LogP contribution in [0, 0.1) is 6.92 Å². The van der Waals surface area contributed by atoms with Crippen molar-refractivity contribution in [1.29, 1.82) is 0 Å². The lowest BCUT2D eigenvalue weighted by Crippen LogP contribution is -2.47. The third-order valence-electron chi connectivity index (χ3n) is 3.87. The van der Waals surface area contributed by atoms with E-state index in [-0.39, 0.29) is 12.2 Å². The third-order valence-corrected chi connectivity index (χ3v) is 4.61. The first kappa shape index (κ1) is 18.5. The number of nitrogens with zero attached hydrogens (tertiary/aromatic N) is 2. The molecule has 3 aromatic heterocycles. The lowest BCUT2D eigenvalue weighted by Gasteiger charge is -2.15. The Morgan fingerprint density at radius 2 is 2.11 bits per heavy atom. The number of aryl methyl sites for hydroxylation is 1. The first-order chi connectivity index (χ1) is 13.0. The molecule has 0 aliphatic carbocycles. The van der Waals surface area contributed by atoms with Gasteiger partial charge in [0.05, 0.1) is 17.0 Å². The van der Waals surface area contributed by atoms with E-state index in [2.05, 4.69) is 15.5 Å². The van der Waals surface area contributed by atoms with Gasteiger partial charge in [-0.1, -0.05) is 11.2 Å². The molecule has 0 spiro atoms. The average molecular weight is 384 g/mol. The predicted octanol–water partition coefficient (Wildman–Crippen LogP) is 1.50. The van der Waals surface area contributed by atoms with Crippen LogP contribution in [0.3, 0.4) is 0 Å². The molecule has 1 atom stereocenters. The zero-order chi connectivity index (χ0) is 19.4. The van der Waals surface area contributed by atoms with Crippen LogP contribution in [0.5, 0.6) is 0 Å². The zero-order valence-electron chi connectivity index (χ0n) is 14.3. The Morgan fingerprint density at radius 1 is 1.30 bits per heavy atom. The Bertz CT molecular complexity index is 967. The molecule has 0 aromatic carbocycles. The van der Waals surface area contributed by atoms with E-state index in [0.717, 1.165) is 5.56 Å². The lowest BCUT2D eigenvalue weighted by molar-refractivity contribution is -0.137. The van der Waals surface area contributed by atoms with Crippen molar-refractivity contribution < 1.29 is 18.9 Å². The second-order valence-electron chi connectivity index (χ2n) is 5.78. The van der Waals surface area contributed by atoms with Crippen molar-refractivity contribution in [2.24, 2.45) is 5.73 Å². The molecule has 0 saturated carbocycles. The van der Waals surface area contributed by atoms with Crippen LogP contribution in [0.2, 0.25) is 0 Å². The minimum Gasteiger partial charge on any atom is -0.363 e. The Balaban J connectivity index is 1.88. The molecule has 0 aliphatic heterocycles. The molecule has 3 rings (SSSR count). The summed E-state index contributed by atoms with van der Waals surface area (Å²) in [5, 5.41) is 10.0. The zero-order valence-corrected chi connectivity index (χ0v) is 15.2. The van der Waals surface area contributed by atoms with E-state index in [9.17, 15) is 14.4 Å². The number of primary amides is 1. The summed E-state index contributed by atoms with van der Waals surface area (Å²) in [6.45, 7) is 1.68. The molecule has 3 N–H and O–H groups in total. The number of hydrogen-bond donors (Lipinski definition) is 2. The number of aromatic nitrogens is 2. The van der Waals surface area contributed by atoms with Gasteiger partial charge in [0.1, 0.15) is 6.04 Å². The number of thiophene rings is 1. The highest BCUT2D eigenvalue weighted by atomic mass is 32.1. The van der Waals surface area contributed by atoms with Gasteiger partial charge in [-0.2, -0.15) is 11.3 Å². The minimum absolute atomic E-state index is 0.0845. The van der Waals surface area contributed by atoms with E-state index < -0.39 is 23.6 Å². The van der Waals surface area contributed by atoms with Crippen molar-refractivity contribution in [2.45, 2.75) is 19.4 Å². The molecule has 3 aromatic rings. The maximum absolute atomic E-state index is 12.7. The van der Waals surface area contributed by atoms with E-state index >= 15 is 0 Å². The van der Waals surface area contributed by atoms with Crippen LogP contribution >= 0.6 is 11.3 Å². The molecule has 9 heteroatoms. The standard InChI is InChI=1S/C18H16N4O4S/c1-10-14(12-4-2-3-6-20-12)16(26-22-10)18(25)21-13(15(23)17(19)24)8-11-5-7-27-9-11/h2-7,9,13H,8H2,1H3,(H2,19,24)(H,21,25). The van der Waals surface area contributed by atoms with Crippen molar-refractivity contribution in [3.63, 3.8) is 0 Å². The normalized spacial score (nSPS) is 11.7. The summed E-state index contributed by atoms with van der Waals surface area (Å²) in [7, 11) is 0. The van der Waals surface area contributed by atoms with Crippen molar-refractivity contribution in [3.8, 4) is 11.3 Å². The smallest absolute Gasteiger partial charge is 0.291 e. The summed E-state index contributed by atoms with van der Waals surface area (Å²) in [6.07, 6.45) is 1.72. The summed E-state index contributed by atoms with van der Waals surface area (Å²) in [5.74, 6) is -2.76. The van der Waals surface area contributed by atoms with Crippen LogP contribution in [-0.2, 0) is 16.0 Å². The summed E-state index contributed by atoms with van der Waals surface area (Å²) in [6, 6.07) is 5.93. The number of ketones is 1. The molecule has 0 fully saturated rings. The highest BCUT2D eigenvalue weighted by molar-refractivity contribution is 7.07. The first-order valence-corrected chi connectivity index (χ1v) is 8.95. The molecule has 27 heavy (non-hydrogen) atoms. The van der Waals surface area contributed by atoms with Gasteiger partial charge in [0.25, 0.3) is 11.8 Å². The van der Waals surface area contributed by atoms with Crippen molar-refractivity contribution in [2.75, 3.05) is 0 Å². The van der Waals surface area contributed by atoms with Gasteiger partial charge in [-0.05, 0) is 41.4 Å². The number of nitrogens with one attached hydrogen (secondary N) is 1. The average Bonchev–Trinajstić information content (AvgIpc) is 3.30. The Morgan fingerprint density at radius 3 is 2.74 bits per heavy atom. The summed E-state index contributed by atoms with van der Waals surface area (Å²) in [5.41, 5.74) is 7.34. The molecule has 2 amide bonds. The van der Waals surface area contributed by atoms with Crippen molar-refractivity contribution >= 4 is 28.9 Å². The van der Waals surface area contributed by atoms with Crippen LogP contribution in [0.1, 0.15) is 21.8 Å². The van der Waals surface area contributed by atoms with Gasteiger partial charge in [-0.25, -0.2) is 0 Å². The molecule has 3 heterocycles. The van der Waals surface area contributed by atoms with E-state index in [1.54, 1.807) is 37.4 Å². The molecule has 1 unspecified atom stereocenters. The second kappa shape index (κ2) is 7.92. The van der Waals surface area contributed by atoms with Gasteiger partial charge in [0.15, 0.2) is 0 Å². The molecule has 0 radical (unpaired) electrons. The predicted molar refractivity (Wildman–Crippen MR) is 97.9 cm³/mol. The highest BCUT2D eigenvalue weighted by Crippen LogP contribution is 2.25. The molecule has 8 nitrogen and oxygen atoms in total. The Hall–Kier alpha value is -3.33. The van der Waals surface area contributed by atoms with Crippen molar-refractivity contribution in [3.05, 3.63) is 58.2 Å². The fraction of sp³-hybridized carbons (Fsp3) is 0.167. The summed E-state index contributed by atoms with van der Waals surface area (Å²) >= 11 is 1.44. The maximum atomic E-state index is 12.7. The van der Waals surface area contributed by atoms with E-state index in [0.29, 0.717) is 17.0 Å². The van der Waals surface area contributed by atoms with Crippen LogP contribution < -0.4 is 11.1 Å². The summed E-state index contributed by atoms with van der Waals surface area (Å²) < 4.78 is 5.16. The van der Waals surface area contributed by atoms with Gasteiger partial charge in [0, 0.05) is 12.6 Å². The number of rotatable bonds is 7. The lowest BCUT2D eigenvalue weighted by atomic mass is 10.0. The fourth-order valence-corrected chi connectivity index (χ4v) is 3.27. The van der Waals surface area contributed by atoms with Crippen LogP contribution in [-0.4, -0.2) is 33.8 Å². The SMILES string of the molecule is Cc1noc(C(=O)NC(Cc2ccsc2)C(=O)C(N)=O)c1-c1ccccn1. The second-order valence-corrected chi connectivity index (χ2v) is 6.56. The largest absolute Gasteiger partial charge is 0.363 e. The number of pyridine rings is 1. The van der Waals surface area contributed by atoms with E-state index in [1.807, 2.05) is 10.8 Å². The Kier molecular flexibility index (Phi) is 5.41. The first-order valence-electron chi connectivity index (χ1n) is 8.00. The van der Waals surface area contributed by atoms with Gasteiger partial charge in [-0.3, -0.25) is 19.4 Å². The van der Waals surface area contributed by atoms with Crippen molar-refractivity contribution in [1.82, 2.24) is 15.5 Å². The molecular weight excluding hydrogens is 368 g/mol. The van der Waals surface area contributed by atoms with Crippen LogP contribution in [0.4, 0.5) is 0 Å². The van der Waals surface area contributed by atoms with Gasteiger partial charge < -0.3 is 15.6 Å². The highest BCUT2D eigenvalue weighted by Gasteiger charge is 2.29. The quantitative estimate of drug-likeness (QED) is 0.594. The van der Waals surface area contributed by atoms with Gasteiger partial charge in [0.2, 0.25) is 11.5 Å². The molecular formula is C18H16N4O4S. The number of hydrogen-bond acceptors (Lipinski definition) is 7. The van der Waals surface area contributed by atoms with Crippen LogP contribution in [0.25, 0.3) is 11.3 Å². The number of amides is 2. The molecule has 138 valence electrons. The molecule has 0 aliphatic rings. The Labute approximate surface area is 158 Å². The minimum atomic E-state index is -1.12. The van der Waals surface area contributed by atoms with Gasteiger partial charge in [-0.15, -0.1) is 0 Å². The molecule has 0 bridgehead atoms.